The topological polar surface area (TPSA) is 66.5 Å². The largest absolute Gasteiger partial charge is 0.483 e. The number of H-pyrrole nitrogens is 1. The van der Waals surface area contributed by atoms with Crippen LogP contribution in [-0.2, 0) is 10.2 Å². The summed E-state index contributed by atoms with van der Waals surface area (Å²) < 4.78 is 5.72. The van der Waals surface area contributed by atoms with E-state index in [-0.39, 0.29) is 17.9 Å². The molecular weight excluding hydrogens is 338 g/mol. The van der Waals surface area contributed by atoms with Gasteiger partial charge < -0.3 is 9.72 Å². The predicted molar refractivity (Wildman–Crippen MR) is 109 cm³/mol. The second-order valence-corrected chi connectivity index (χ2v) is 7.54. The lowest BCUT2D eigenvalue weighted by Crippen LogP contribution is -2.25. The molecule has 1 aromatic heterocycles. The van der Waals surface area contributed by atoms with Gasteiger partial charge in [-0.1, -0.05) is 57.2 Å². The zero-order chi connectivity index (χ0) is 19.4. The van der Waals surface area contributed by atoms with Gasteiger partial charge in [-0.2, -0.15) is 5.10 Å². The lowest BCUT2D eigenvalue weighted by molar-refractivity contribution is -0.123. The van der Waals surface area contributed by atoms with Crippen LogP contribution in [0.15, 0.2) is 53.6 Å². The first-order chi connectivity index (χ1) is 12.9. The van der Waals surface area contributed by atoms with Gasteiger partial charge in [0, 0.05) is 22.2 Å². The van der Waals surface area contributed by atoms with Gasteiger partial charge in [0.2, 0.25) is 0 Å². The lowest BCUT2D eigenvalue weighted by atomic mass is 9.86. The van der Waals surface area contributed by atoms with Crippen molar-refractivity contribution < 1.29 is 9.53 Å². The SMILES string of the molecule is Cc1[nH]c2ccccc2c1C=NNC(=O)COc1ccccc1C(C)(C)C. The number of aromatic nitrogens is 1. The van der Waals surface area contributed by atoms with E-state index in [1.807, 2.05) is 55.5 Å². The second-order valence-electron chi connectivity index (χ2n) is 7.54. The fraction of sp³-hybridized carbons (Fsp3) is 0.273. The fourth-order valence-electron chi connectivity index (χ4n) is 3.02. The van der Waals surface area contributed by atoms with Gasteiger partial charge in [-0.25, -0.2) is 5.43 Å². The number of aryl methyl sites for hydroxylation is 1. The van der Waals surface area contributed by atoms with Crippen LogP contribution in [0.5, 0.6) is 5.75 Å². The molecule has 0 bridgehead atoms. The number of hydrogen-bond acceptors (Lipinski definition) is 3. The molecule has 5 nitrogen and oxygen atoms in total. The van der Waals surface area contributed by atoms with E-state index in [1.54, 1.807) is 6.21 Å². The maximum absolute atomic E-state index is 12.1. The minimum Gasteiger partial charge on any atom is -0.483 e. The third-order valence-corrected chi connectivity index (χ3v) is 4.38. The molecule has 1 amide bonds. The summed E-state index contributed by atoms with van der Waals surface area (Å²) in [6.07, 6.45) is 1.66. The van der Waals surface area contributed by atoms with Crippen LogP contribution in [0.3, 0.4) is 0 Å². The molecule has 2 N–H and O–H groups in total. The molecule has 0 unspecified atom stereocenters. The average molecular weight is 363 g/mol. The lowest BCUT2D eigenvalue weighted by Gasteiger charge is -2.22. The van der Waals surface area contributed by atoms with Gasteiger partial charge in [-0.05, 0) is 30.0 Å². The molecular formula is C22H25N3O2. The highest BCUT2D eigenvalue weighted by Gasteiger charge is 2.18. The molecule has 0 spiro atoms. The Morgan fingerprint density at radius 1 is 1.15 bits per heavy atom. The van der Waals surface area contributed by atoms with Gasteiger partial charge in [0.1, 0.15) is 5.75 Å². The Bertz CT molecular complexity index is 981. The molecule has 0 aliphatic rings. The Morgan fingerprint density at radius 3 is 2.63 bits per heavy atom. The molecule has 0 saturated carbocycles. The summed E-state index contributed by atoms with van der Waals surface area (Å²) in [4.78, 5) is 15.4. The van der Waals surface area contributed by atoms with Gasteiger partial charge in [-0.3, -0.25) is 4.79 Å². The van der Waals surface area contributed by atoms with Crippen LogP contribution in [-0.4, -0.2) is 23.7 Å². The van der Waals surface area contributed by atoms with Crippen molar-refractivity contribution in [1.29, 1.82) is 0 Å². The van der Waals surface area contributed by atoms with Crippen molar-refractivity contribution in [3.63, 3.8) is 0 Å². The number of carbonyl (C=O) groups excluding carboxylic acids is 1. The maximum atomic E-state index is 12.1. The van der Waals surface area contributed by atoms with Crippen molar-refractivity contribution in [3.05, 3.63) is 65.4 Å². The first-order valence-corrected chi connectivity index (χ1v) is 8.98. The molecule has 0 aliphatic heterocycles. The van der Waals surface area contributed by atoms with E-state index in [0.29, 0.717) is 0 Å². The van der Waals surface area contributed by atoms with Crippen LogP contribution in [0.25, 0.3) is 10.9 Å². The summed E-state index contributed by atoms with van der Waals surface area (Å²) >= 11 is 0. The smallest absolute Gasteiger partial charge is 0.277 e. The van der Waals surface area contributed by atoms with Gasteiger partial charge in [0.15, 0.2) is 6.61 Å². The number of ether oxygens (including phenoxy) is 1. The van der Waals surface area contributed by atoms with E-state index >= 15 is 0 Å². The summed E-state index contributed by atoms with van der Waals surface area (Å²) in [7, 11) is 0. The van der Waals surface area contributed by atoms with E-state index in [9.17, 15) is 4.79 Å². The van der Waals surface area contributed by atoms with Gasteiger partial charge in [-0.15, -0.1) is 0 Å². The van der Waals surface area contributed by atoms with Crippen LogP contribution < -0.4 is 10.2 Å². The summed E-state index contributed by atoms with van der Waals surface area (Å²) in [5.41, 5.74) is 6.55. The molecule has 1 heterocycles. The Kier molecular flexibility index (Phi) is 5.31. The number of hydrogen-bond donors (Lipinski definition) is 2. The summed E-state index contributed by atoms with van der Waals surface area (Å²) in [6, 6.07) is 15.8. The number of hydrazone groups is 1. The van der Waals surface area contributed by atoms with Crippen molar-refractivity contribution >= 4 is 23.0 Å². The standard InChI is InChI=1S/C22H25N3O2/c1-15-17(16-9-5-7-11-19(16)24-15)13-23-25-21(26)14-27-20-12-8-6-10-18(20)22(2,3)4/h5-13,24H,14H2,1-4H3,(H,25,26). The molecule has 3 rings (SSSR count). The maximum Gasteiger partial charge on any atom is 0.277 e. The third kappa shape index (κ3) is 4.37. The quantitative estimate of drug-likeness (QED) is 0.524. The Labute approximate surface area is 159 Å². The molecule has 5 heteroatoms. The Morgan fingerprint density at radius 2 is 1.85 bits per heavy atom. The predicted octanol–water partition coefficient (Wildman–Crippen LogP) is 4.30. The molecule has 0 radical (unpaired) electrons. The molecule has 0 aliphatic carbocycles. The number of rotatable bonds is 5. The van der Waals surface area contributed by atoms with Crippen molar-refractivity contribution in [3.8, 4) is 5.75 Å². The number of amides is 1. The molecule has 140 valence electrons. The number of carbonyl (C=O) groups is 1. The highest BCUT2D eigenvalue weighted by molar-refractivity contribution is 6.00. The van der Waals surface area contributed by atoms with E-state index in [0.717, 1.165) is 33.5 Å². The number of para-hydroxylation sites is 2. The minimum absolute atomic E-state index is 0.0575. The van der Waals surface area contributed by atoms with Crippen molar-refractivity contribution in [2.45, 2.75) is 33.1 Å². The first kappa shape index (κ1) is 18.7. The van der Waals surface area contributed by atoms with Gasteiger partial charge >= 0.3 is 0 Å². The van der Waals surface area contributed by atoms with E-state index in [4.69, 9.17) is 4.74 Å². The summed E-state index contributed by atoms with van der Waals surface area (Å²) in [6.45, 7) is 8.24. The molecule has 3 aromatic rings. The number of fused-ring (bicyclic) bond motifs is 1. The average Bonchev–Trinajstić information content (AvgIpc) is 2.95. The number of benzene rings is 2. The zero-order valence-electron chi connectivity index (χ0n) is 16.2. The second kappa shape index (κ2) is 7.66. The van der Waals surface area contributed by atoms with Crippen LogP contribution in [0.2, 0.25) is 0 Å². The number of aromatic amines is 1. The summed E-state index contributed by atoms with van der Waals surface area (Å²) in [5, 5.41) is 5.16. The van der Waals surface area contributed by atoms with E-state index < -0.39 is 0 Å². The number of nitrogens with zero attached hydrogens (tertiary/aromatic N) is 1. The van der Waals surface area contributed by atoms with E-state index in [1.165, 1.54) is 0 Å². The minimum atomic E-state index is -0.299. The first-order valence-electron chi connectivity index (χ1n) is 8.98. The molecule has 0 saturated heterocycles. The van der Waals surface area contributed by atoms with Crippen LogP contribution in [0.1, 0.15) is 37.6 Å². The van der Waals surface area contributed by atoms with Gasteiger partial charge in [0.05, 0.1) is 6.21 Å². The zero-order valence-corrected chi connectivity index (χ0v) is 16.2. The monoisotopic (exact) mass is 363 g/mol. The van der Waals surface area contributed by atoms with Crippen molar-refractivity contribution in [2.24, 2.45) is 5.10 Å². The Balaban J connectivity index is 1.62. The van der Waals surface area contributed by atoms with Gasteiger partial charge in [0.25, 0.3) is 5.91 Å². The highest BCUT2D eigenvalue weighted by atomic mass is 16.5. The molecule has 2 aromatic carbocycles. The van der Waals surface area contributed by atoms with Crippen LogP contribution in [0.4, 0.5) is 0 Å². The molecule has 27 heavy (non-hydrogen) atoms. The summed E-state index contributed by atoms with van der Waals surface area (Å²) in [5.74, 6) is 0.420. The van der Waals surface area contributed by atoms with E-state index in [2.05, 4.69) is 36.3 Å². The highest BCUT2D eigenvalue weighted by Crippen LogP contribution is 2.30. The van der Waals surface area contributed by atoms with Crippen molar-refractivity contribution in [1.82, 2.24) is 10.4 Å². The third-order valence-electron chi connectivity index (χ3n) is 4.38. The molecule has 0 fully saturated rings. The normalized spacial score (nSPS) is 11.9. The Hall–Kier alpha value is -3.08. The van der Waals surface area contributed by atoms with Crippen molar-refractivity contribution in [2.75, 3.05) is 6.61 Å². The fourth-order valence-corrected chi connectivity index (χ4v) is 3.02. The van der Waals surface area contributed by atoms with Crippen LogP contribution in [0, 0.1) is 6.92 Å². The van der Waals surface area contributed by atoms with Crippen LogP contribution >= 0.6 is 0 Å². The number of nitrogens with one attached hydrogen (secondary N) is 2. The molecule has 0 atom stereocenters.